The monoisotopic (exact) mass is 329 g/mol. The summed E-state index contributed by atoms with van der Waals surface area (Å²) in [5.74, 6) is -0.423. The second-order valence-electron chi connectivity index (χ2n) is 4.64. The largest absolute Gasteiger partial charge is 0.397 e. The summed E-state index contributed by atoms with van der Waals surface area (Å²) in [4.78, 5) is 13.8. The minimum atomic E-state index is -0.370. The van der Waals surface area contributed by atoms with E-state index in [1.54, 1.807) is 13.1 Å². The summed E-state index contributed by atoms with van der Waals surface area (Å²) in [6, 6.07) is 2.66. The molecule has 0 bridgehead atoms. The molecule has 0 saturated carbocycles. The maximum atomic E-state index is 13.7. The first-order valence-electron chi connectivity index (χ1n) is 6.27. The predicted molar refractivity (Wildman–Crippen MR) is 77.6 cm³/mol. The zero-order chi connectivity index (χ0) is 14.0. The van der Waals surface area contributed by atoms with E-state index in [4.69, 9.17) is 5.73 Å². The van der Waals surface area contributed by atoms with Crippen LogP contribution in [0.3, 0.4) is 0 Å². The molecular formula is C13H17BrFN3O. The van der Waals surface area contributed by atoms with Gasteiger partial charge in [0.25, 0.3) is 0 Å². The van der Waals surface area contributed by atoms with Crippen LogP contribution in [-0.2, 0) is 4.79 Å². The quantitative estimate of drug-likeness (QED) is 0.818. The van der Waals surface area contributed by atoms with Gasteiger partial charge in [0.05, 0.1) is 15.8 Å². The van der Waals surface area contributed by atoms with E-state index in [9.17, 15) is 9.18 Å². The van der Waals surface area contributed by atoms with E-state index in [-0.39, 0.29) is 17.8 Å². The summed E-state index contributed by atoms with van der Waals surface area (Å²) in [6.07, 6.45) is 2.73. The van der Waals surface area contributed by atoms with Crippen molar-refractivity contribution in [3.8, 4) is 0 Å². The number of amides is 1. The van der Waals surface area contributed by atoms with Gasteiger partial charge >= 0.3 is 0 Å². The number of anilines is 2. The first kappa shape index (κ1) is 14.1. The molecule has 2 rings (SSSR count). The zero-order valence-electron chi connectivity index (χ0n) is 10.7. The molecule has 1 aliphatic rings. The van der Waals surface area contributed by atoms with Crippen LogP contribution >= 0.6 is 15.9 Å². The van der Waals surface area contributed by atoms with Crippen molar-refractivity contribution >= 4 is 33.2 Å². The Balaban J connectivity index is 2.37. The van der Waals surface area contributed by atoms with E-state index >= 15 is 0 Å². The van der Waals surface area contributed by atoms with Gasteiger partial charge in [-0.3, -0.25) is 4.79 Å². The fourth-order valence-electron chi connectivity index (χ4n) is 2.46. The highest BCUT2D eigenvalue weighted by molar-refractivity contribution is 9.10. The molecular weight excluding hydrogens is 313 g/mol. The number of nitrogens with two attached hydrogens (primary N) is 1. The lowest BCUT2D eigenvalue weighted by atomic mass is 10.00. The van der Waals surface area contributed by atoms with Crippen LogP contribution in [0.4, 0.5) is 15.8 Å². The highest BCUT2D eigenvalue weighted by Gasteiger charge is 2.29. The van der Waals surface area contributed by atoms with Gasteiger partial charge in [-0.1, -0.05) is 0 Å². The van der Waals surface area contributed by atoms with Gasteiger partial charge in [-0.05, 0) is 41.3 Å². The van der Waals surface area contributed by atoms with Crippen LogP contribution in [-0.4, -0.2) is 25.5 Å². The van der Waals surface area contributed by atoms with Gasteiger partial charge in [0.15, 0.2) is 0 Å². The van der Waals surface area contributed by atoms with Crippen molar-refractivity contribution in [2.24, 2.45) is 0 Å². The number of hydrogen-bond donors (Lipinski definition) is 2. The number of nitrogen functional groups attached to an aromatic ring is 1. The normalized spacial score (nSPS) is 19.3. The number of carbonyl (C=O) groups excluding carboxylic acids is 1. The molecule has 19 heavy (non-hydrogen) atoms. The van der Waals surface area contributed by atoms with E-state index in [0.717, 1.165) is 19.3 Å². The van der Waals surface area contributed by atoms with E-state index < -0.39 is 0 Å². The Bertz CT molecular complexity index is 495. The van der Waals surface area contributed by atoms with Crippen LogP contribution in [0.15, 0.2) is 16.6 Å². The average Bonchev–Trinajstić information content (AvgIpc) is 2.42. The van der Waals surface area contributed by atoms with E-state index in [2.05, 4.69) is 21.2 Å². The molecule has 0 aromatic heterocycles. The maximum absolute atomic E-state index is 13.7. The summed E-state index contributed by atoms with van der Waals surface area (Å²) in [6.45, 7) is 0.712. The number of hydrogen-bond acceptors (Lipinski definition) is 3. The van der Waals surface area contributed by atoms with Crippen LogP contribution in [0.1, 0.15) is 19.3 Å². The molecule has 1 amide bonds. The highest BCUT2D eigenvalue weighted by atomic mass is 79.9. The van der Waals surface area contributed by atoms with E-state index in [0.29, 0.717) is 22.4 Å². The van der Waals surface area contributed by atoms with Gasteiger partial charge in [0, 0.05) is 19.7 Å². The Hall–Kier alpha value is -1.30. The lowest BCUT2D eigenvalue weighted by Crippen LogP contribution is -2.49. The van der Waals surface area contributed by atoms with Crippen LogP contribution in [0, 0.1) is 5.82 Å². The Morgan fingerprint density at radius 1 is 1.53 bits per heavy atom. The molecule has 0 radical (unpaired) electrons. The summed E-state index contributed by atoms with van der Waals surface area (Å²) in [7, 11) is 1.61. The lowest BCUT2D eigenvalue weighted by Gasteiger charge is -2.37. The van der Waals surface area contributed by atoms with Crippen LogP contribution in [0.2, 0.25) is 0 Å². The third-order valence-corrected chi connectivity index (χ3v) is 4.04. The third-order valence-electron chi connectivity index (χ3n) is 3.43. The summed E-state index contributed by atoms with van der Waals surface area (Å²) in [5.41, 5.74) is 7.02. The number of halogens is 2. The van der Waals surface area contributed by atoms with Crippen molar-refractivity contribution in [2.45, 2.75) is 25.3 Å². The van der Waals surface area contributed by atoms with Crippen molar-refractivity contribution in [2.75, 3.05) is 24.2 Å². The lowest BCUT2D eigenvalue weighted by molar-refractivity contribution is -0.122. The fourth-order valence-corrected chi connectivity index (χ4v) is 2.82. The van der Waals surface area contributed by atoms with E-state index in [1.807, 2.05) is 4.90 Å². The van der Waals surface area contributed by atoms with Gasteiger partial charge in [0.2, 0.25) is 5.91 Å². The van der Waals surface area contributed by atoms with Crippen molar-refractivity contribution in [3.05, 3.63) is 22.4 Å². The standard InChI is InChI=1S/C13H17BrFN3O/c1-17-13(19)11-4-2-3-5-18(11)12-7-9(15)8(14)6-10(12)16/h6-7,11H,2-5,16H2,1H3,(H,17,19). The molecule has 1 heterocycles. The molecule has 3 N–H and O–H groups in total. The molecule has 1 aromatic carbocycles. The highest BCUT2D eigenvalue weighted by Crippen LogP contribution is 2.33. The summed E-state index contributed by atoms with van der Waals surface area (Å²) >= 11 is 3.11. The minimum Gasteiger partial charge on any atom is -0.397 e. The average molecular weight is 330 g/mol. The number of benzene rings is 1. The van der Waals surface area contributed by atoms with Gasteiger partial charge in [-0.2, -0.15) is 0 Å². The van der Waals surface area contributed by atoms with Crippen molar-refractivity contribution < 1.29 is 9.18 Å². The molecule has 1 fully saturated rings. The SMILES string of the molecule is CNC(=O)C1CCCCN1c1cc(F)c(Br)cc1N. The van der Waals surface area contributed by atoms with Gasteiger partial charge in [-0.25, -0.2) is 4.39 Å². The predicted octanol–water partition coefficient (Wildman–Crippen LogP) is 2.28. The Labute approximate surface area is 120 Å². The first-order chi connectivity index (χ1) is 9.04. The molecule has 6 heteroatoms. The minimum absolute atomic E-state index is 0.0533. The fraction of sp³-hybridized carbons (Fsp3) is 0.462. The molecule has 0 aliphatic carbocycles. The molecule has 1 aliphatic heterocycles. The molecule has 1 unspecified atom stereocenters. The van der Waals surface area contributed by atoms with Crippen LogP contribution in [0.5, 0.6) is 0 Å². The van der Waals surface area contributed by atoms with Gasteiger partial charge < -0.3 is 16.0 Å². The topological polar surface area (TPSA) is 58.4 Å². The summed E-state index contributed by atoms with van der Waals surface area (Å²) < 4.78 is 14.0. The molecule has 1 atom stereocenters. The van der Waals surface area contributed by atoms with Crippen LogP contribution < -0.4 is 16.0 Å². The molecule has 104 valence electrons. The molecule has 1 saturated heterocycles. The van der Waals surface area contributed by atoms with Crippen molar-refractivity contribution in [1.82, 2.24) is 5.32 Å². The number of likely N-dealkylation sites (N-methyl/N-ethyl adjacent to an activating group) is 1. The third kappa shape index (κ3) is 2.83. The Morgan fingerprint density at radius 3 is 2.95 bits per heavy atom. The Morgan fingerprint density at radius 2 is 2.26 bits per heavy atom. The maximum Gasteiger partial charge on any atom is 0.242 e. The summed E-state index contributed by atoms with van der Waals surface area (Å²) in [5, 5.41) is 2.66. The first-order valence-corrected chi connectivity index (χ1v) is 7.06. The van der Waals surface area contributed by atoms with Gasteiger partial charge in [0.1, 0.15) is 11.9 Å². The van der Waals surface area contributed by atoms with Gasteiger partial charge in [-0.15, -0.1) is 0 Å². The van der Waals surface area contributed by atoms with Crippen LogP contribution in [0.25, 0.3) is 0 Å². The van der Waals surface area contributed by atoms with Crippen molar-refractivity contribution in [3.63, 3.8) is 0 Å². The number of carbonyl (C=O) groups is 1. The number of rotatable bonds is 2. The smallest absolute Gasteiger partial charge is 0.242 e. The number of nitrogens with zero attached hydrogens (tertiary/aromatic N) is 1. The number of nitrogens with one attached hydrogen (secondary N) is 1. The molecule has 0 spiro atoms. The van der Waals surface area contributed by atoms with Crippen molar-refractivity contribution in [1.29, 1.82) is 0 Å². The second kappa shape index (κ2) is 5.77. The van der Waals surface area contributed by atoms with E-state index in [1.165, 1.54) is 6.07 Å². The molecule has 4 nitrogen and oxygen atoms in total. The molecule has 1 aromatic rings. The Kier molecular flexibility index (Phi) is 4.29. The second-order valence-corrected chi connectivity index (χ2v) is 5.50. The zero-order valence-corrected chi connectivity index (χ0v) is 12.3. The number of piperidine rings is 1.